The lowest BCUT2D eigenvalue weighted by molar-refractivity contribution is -0.215. The first-order chi connectivity index (χ1) is 9.13. The highest BCUT2D eigenvalue weighted by Gasteiger charge is 2.70. The molecule has 1 aliphatic carbocycles. The number of methoxy groups -OCH3 is 2. The maximum Gasteiger partial charge on any atom is 0.511 e. The summed E-state index contributed by atoms with van der Waals surface area (Å²) < 4.78 is 27.4. The zero-order chi connectivity index (χ0) is 13.6. The fraction of sp³-hybridized carbons (Fsp3) is 0.923. The number of hydrogen-bond acceptors (Lipinski definition) is 6. The smallest absolute Gasteiger partial charge is 0.420 e. The number of hydrogen-bond donors (Lipinski definition) is 0. The van der Waals surface area contributed by atoms with E-state index in [1.54, 1.807) is 14.2 Å². The Bertz CT molecular complexity index is 368. The van der Waals surface area contributed by atoms with Gasteiger partial charge in [-0.2, -0.15) is 0 Å². The number of carbonyl (C=O) groups excluding carboxylic acids is 1. The van der Waals surface area contributed by atoms with Crippen LogP contribution in [0.25, 0.3) is 0 Å². The van der Waals surface area contributed by atoms with Gasteiger partial charge >= 0.3 is 6.16 Å². The predicted octanol–water partition coefficient (Wildman–Crippen LogP) is 1.67. The molecule has 6 heteroatoms. The fourth-order valence-corrected chi connectivity index (χ4v) is 3.98. The fourth-order valence-electron chi connectivity index (χ4n) is 3.98. The van der Waals surface area contributed by atoms with Crippen LogP contribution in [0.15, 0.2) is 0 Å². The Morgan fingerprint density at radius 2 is 2.05 bits per heavy atom. The van der Waals surface area contributed by atoms with Crippen molar-refractivity contribution in [3.8, 4) is 0 Å². The van der Waals surface area contributed by atoms with Gasteiger partial charge < -0.3 is 23.7 Å². The minimum atomic E-state index is -0.758. The summed E-state index contributed by atoms with van der Waals surface area (Å²) in [7, 11) is 3.20. The molecule has 3 fully saturated rings. The van der Waals surface area contributed by atoms with E-state index in [1.807, 2.05) is 6.92 Å². The molecule has 1 saturated carbocycles. The third kappa shape index (κ3) is 1.70. The summed E-state index contributed by atoms with van der Waals surface area (Å²) in [6.07, 6.45) is 1.16. The Labute approximate surface area is 112 Å². The van der Waals surface area contributed by atoms with Gasteiger partial charge in [0.1, 0.15) is 0 Å². The van der Waals surface area contributed by atoms with E-state index in [2.05, 4.69) is 0 Å². The molecule has 0 radical (unpaired) electrons. The summed E-state index contributed by atoms with van der Waals surface area (Å²) >= 11 is 0. The van der Waals surface area contributed by atoms with Crippen molar-refractivity contribution < 1.29 is 28.5 Å². The van der Waals surface area contributed by atoms with Gasteiger partial charge in [-0.25, -0.2) is 4.79 Å². The molecule has 19 heavy (non-hydrogen) atoms. The third-order valence-electron chi connectivity index (χ3n) is 4.72. The van der Waals surface area contributed by atoms with Crippen molar-refractivity contribution >= 4 is 6.16 Å². The Morgan fingerprint density at radius 1 is 1.32 bits per heavy atom. The van der Waals surface area contributed by atoms with Gasteiger partial charge in [0.05, 0.1) is 12.0 Å². The molecule has 0 amide bonds. The van der Waals surface area contributed by atoms with E-state index in [1.165, 1.54) is 0 Å². The summed E-state index contributed by atoms with van der Waals surface area (Å²) in [5, 5.41) is 0. The molecule has 108 valence electrons. The van der Waals surface area contributed by atoms with Crippen LogP contribution in [-0.2, 0) is 23.7 Å². The van der Waals surface area contributed by atoms with Crippen molar-refractivity contribution in [2.45, 2.75) is 50.5 Å². The molecule has 2 aliphatic heterocycles. The molecule has 0 aromatic heterocycles. The van der Waals surface area contributed by atoms with Gasteiger partial charge in [-0.1, -0.05) is 6.42 Å². The maximum absolute atomic E-state index is 11.6. The van der Waals surface area contributed by atoms with Gasteiger partial charge in [0.25, 0.3) is 0 Å². The average molecular weight is 272 g/mol. The van der Waals surface area contributed by atoms with Crippen molar-refractivity contribution in [3.05, 3.63) is 0 Å². The summed E-state index contributed by atoms with van der Waals surface area (Å²) in [6, 6.07) is 0. The second-order valence-corrected chi connectivity index (χ2v) is 5.48. The van der Waals surface area contributed by atoms with Crippen molar-refractivity contribution in [3.63, 3.8) is 0 Å². The molecular formula is C13H20O6. The molecule has 3 aliphatic rings. The number of carbonyl (C=O) groups is 1. The zero-order valence-corrected chi connectivity index (χ0v) is 11.5. The number of ether oxygens (including phenoxy) is 5. The van der Waals surface area contributed by atoms with E-state index in [-0.39, 0.29) is 17.9 Å². The molecule has 3 rings (SSSR count). The number of rotatable bonds is 3. The molecule has 0 aromatic rings. The van der Waals surface area contributed by atoms with E-state index in [4.69, 9.17) is 23.7 Å². The highest BCUT2D eigenvalue weighted by molar-refractivity contribution is 5.64. The average Bonchev–Trinajstić information content (AvgIpc) is 2.82. The van der Waals surface area contributed by atoms with Gasteiger partial charge in [-0.15, -0.1) is 0 Å². The first-order valence-corrected chi connectivity index (χ1v) is 6.74. The molecule has 2 heterocycles. The Balaban J connectivity index is 1.98. The van der Waals surface area contributed by atoms with E-state index >= 15 is 0 Å². The normalized spacial score (nSPS) is 44.7. The summed E-state index contributed by atoms with van der Waals surface area (Å²) in [5.74, 6) is 0.0677. The molecule has 2 saturated heterocycles. The highest BCUT2D eigenvalue weighted by Crippen LogP contribution is 2.55. The van der Waals surface area contributed by atoms with E-state index in [0.29, 0.717) is 0 Å². The molecule has 5 atom stereocenters. The van der Waals surface area contributed by atoms with Crippen molar-refractivity contribution in [2.75, 3.05) is 14.2 Å². The van der Waals surface area contributed by atoms with E-state index < -0.39 is 24.3 Å². The first kappa shape index (κ1) is 13.1. The Morgan fingerprint density at radius 3 is 2.74 bits per heavy atom. The van der Waals surface area contributed by atoms with Gasteiger partial charge in [-0.3, -0.25) is 0 Å². The van der Waals surface area contributed by atoms with Gasteiger partial charge in [0.15, 0.2) is 11.9 Å². The van der Waals surface area contributed by atoms with Crippen LogP contribution in [0.2, 0.25) is 0 Å². The van der Waals surface area contributed by atoms with Crippen molar-refractivity contribution in [1.29, 1.82) is 0 Å². The summed E-state index contributed by atoms with van der Waals surface area (Å²) in [6.45, 7) is 2.00. The van der Waals surface area contributed by atoms with Crippen molar-refractivity contribution in [2.24, 2.45) is 11.8 Å². The maximum atomic E-state index is 11.6. The van der Waals surface area contributed by atoms with E-state index in [0.717, 1.165) is 19.3 Å². The van der Waals surface area contributed by atoms with Crippen LogP contribution in [0, 0.1) is 11.8 Å². The lowest BCUT2D eigenvalue weighted by Crippen LogP contribution is -2.56. The third-order valence-corrected chi connectivity index (χ3v) is 4.72. The molecule has 0 aromatic carbocycles. The standard InChI is InChI=1S/C13H20O6/c1-7-8-5-4-6-9(10(15-2)16-3)13(8)11(17-7)18-12(14)19-13/h7-11H,4-6H2,1-3H3/t7-,8?,9-,11-,13+/m0/s1. The molecule has 6 nitrogen and oxygen atoms in total. The van der Waals surface area contributed by atoms with Crippen LogP contribution in [0.3, 0.4) is 0 Å². The van der Waals surface area contributed by atoms with Crippen LogP contribution < -0.4 is 0 Å². The topological polar surface area (TPSA) is 63.2 Å². The van der Waals surface area contributed by atoms with Crippen molar-refractivity contribution in [1.82, 2.24) is 0 Å². The van der Waals surface area contributed by atoms with Gasteiger partial charge in [0, 0.05) is 20.1 Å². The van der Waals surface area contributed by atoms with Crippen LogP contribution in [0.4, 0.5) is 4.79 Å². The van der Waals surface area contributed by atoms with Crippen LogP contribution in [0.5, 0.6) is 0 Å². The van der Waals surface area contributed by atoms with Crippen LogP contribution in [0.1, 0.15) is 26.2 Å². The van der Waals surface area contributed by atoms with E-state index in [9.17, 15) is 4.79 Å². The monoisotopic (exact) mass is 272 g/mol. The summed E-state index contributed by atoms with van der Waals surface area (Å²) in [4.78, 5) is 11.6. The van der Waals surface area contributed by atoms with Crippen LogP contribution in [-0.4, -0.2) is 44.7 Å². The second kappa shape index (κ2) is 4.61. The quantitative estimate of drug-likeness (QED) is 0.575. The minimum absolute atomic E-state index is 0.00950. The first-order valence-electron chi connectivity index (χ1n) is 6.74. The Hall–Kier alpha value is -0.850. The highest BCUT2D eigenvalue weighted by atomic mass is 16.9. The minimum Gasteiger partial charge on any atom is -0.420 e. The summed E-state index contributed by atoms with van der Waals surface area (Å²) in [5.41, 5.74) is -0.758. The largest absolute Gasteiger partial charge is 0.511 e. The van der Waals surface area contributed by atoms with Gasteiger partial charge in [-0.05, 0) is 19.8 Å². The molecule has 1 unspecified atom stereocenters. The molecule has 0 N–H and O–H groups in total. The second-order valence-electron chi connectivity index (χ2n) is 5.48. The predicted molar refractivity (Wildman–Crippen MR) is 63.3 cm³/mol. The Kier molecular flexibility index (Phi) is 3.19. The zero-order valence-electron chi connectivity index (χ0n) is 11.5. The lowest BCUT2D eigenvalue weighted by atomic mass is 9.67. The lowest BCUT2D eigenvalue weighted by Gasteiger charge is -2.43. The van der Waals surface area contributed by atoms with Gasteiger partial charge in [0.2, 0.25) is 6.29 Å². The van der Waals surface area contributed by atoms with Crippen LogP contribution >= 0.6 is 0 Å². The molecular weight excluding hydrogens is 252 g/mol. The molecule has 1 spiro atoms. The molecule has 0 bridgehead atoms. The SMILES string of the molecule is COC(OC)[C@@H]1CCCC2[C@H](C)O[C@H]3OC(=O)O[C@@]231.